The van der Waals surface area contributed by atoms with Gasteiger partial charge in [0.05, 0.1) is 21.0 Å². The van der Waals surface area contributed by atoms with Gasteiger partial charge in [0.25, 0.3) is 10.0 Å². The first kappa shape index (κ1) is 23.0. The van der Waals surface area contributed by atoms with E-state index >= 15 is 0 Å². The quantitative estimate of drug-likeness (QED) is 0.412. The van der Waals surface area contributed by atoms with Crippen LogP contribution in [-0.4, -0.2) is 37.5 Å². The van der Waals surface area contributed by atoms with Crippen molar-refractivity contribution in [3.63, 3.8) is 0 Å². The van der Waals surface area contributed by atoms with E-state index in [1.54, 1.807) is 36.9 Å². The maximum absolute atomic E-state index is 13.1. The summed E-state index contributed by atoms with van der Waals surface area (Å²) in [6, 6.07) is 19.6. The van der Waals surface area contributed by atoms with Crippen molar-refractivity contribution in [2.75, 3.05) is 11.3 Å². The van der Waals surface area contributed by atoms with Gasteiger partial charge in [-0.05, 0) is 48.0 Å². The van der Waals surface area contributed by atoms with Crippen LogP contribution in [0.5, 0.6) is 0 Å². The van der Waals surface area contributed by atoms with Crippen molar-refractivity contribution in [2.45, 2.75) is 23.3 Å². The highest BCUT2D eigenvalue weighted by molar-refractivity contribution is 7.92. The number of rotatable bonds is 8. The van der Waals surface area contributed by atoms with E-state index in [1.165, 1.54) is 28.6 Å². The van der Waals surface area contributed by atoms with Crippen LogP contribution in [0, 0.1) is 0 Å². The first-order chi connectivity index (χ1) is 15.7. The Morgan fingerprint density at radius 3 is 2.24 bits per heavy atom. The molecule has 172 valence electrons. The summed E-state index contributed by atoms with van der Waals surface area (Å²) in [7, 11) is -5.90. The maximum Gasteiger partial charge on any atom is 0.261 e. The zero-order valence-electron chi connectivity index (χ0n) is 18.2. The molecule has 0 saturated carbocycles. The molecule has 0 spiro atoms. The van der Waals surface area contributed by atoms with E-state index in [-0.39, 0.29) is 22.9 Å². The standard InChI is InChI=1S/C23H24N4O4S2/c1-3-27(16-18-7-5-4-6-8-18)33(30,31)22-13-11-21(12-14-22)32(28,29)25-20-10-9-19-17-26(2)24-23(19)15-20/h4-15,17,25H,3,16H2,1-2H3. The van der Waals surface area contributed by atoms with Gasteiger partial charge in [-0.3, -0.25) is 9.40 Å². The van der Waals surface area contributed by atoms with Gasteiger partial charge in [0.15, 0.2) is 0 Å². The minimum atomic E-state index is -3.90. The largest absolute Gasteiger partial charge is 0.280 e. The lowest BCUT2D eigenvalue weighted by molar-refractivity contribution is 0.423. The van der Waals surface area contributed by atoms with E-state index in [9.17, 15) is 16.8 Å². The Bertz CT molecular complexity index is 1480. The zero-order chi connectivity index (χ0) is 23.6. The number of nitrogens with zero attached hydrogens (tertiary/aromatic N) is 3. The SMILES string of the molecule is CCN(Cc1ccccc1)S(=O)(=O)c1ccc(S(=O)(=O)Nc2ccc3cn(C)nc3c2)cc1. The molecule has 1 aromatic heterocycles. The van der Waals surface area contributed by atoms with Gasteiger partial charge in [0.2, 0.25) is 10.0 Å². The number of benzene rings is 3. The third kappa shape index (κ3) is 4.92. The number of aromatic nitrogens is 2. The van der Waals surface area contributed by atoms with Gasteiger partial charge in [-0.2, -0.15) is 9.40 Å². The third-order valence-corrected chi connectivity index (χ3v) is 8.53. The predicted molar refractivity (Wildman–Crippen MR) is 128 cm³/mol. The Balaban J connectivity index is 1.55. The second-order valence-electron chi connectivity index (χ2n) is 7.57. The summed E-state index contributed by atoms with van der Waals surface area (Å²) < 4.78 is 57.4. The van der Waals surface area contributed by atoms with Crippen molar-refractivity contribution in [3.05, 3.63) is 84.6 Å². The highest BCUT2D eigenvalue weighted by atomic mass is 32.2. The Labute approximate surface area is 193 Å². The molecule has 3 aromatic carbocycles. The zero-order valence-corrected chi connectivity index (χ0v) is 19.8. The molecule has 0 bridgehead atoms. The Kier molecular flexibility index (Phi) is 6.24. The van der Waals surface area contributed by atoms with Crippen LogP contribution in [0.1, 0.15) is 12.5 Å². The molecule has 0 saturated heterocycles. The number of hydrogen-bond donors (Lipinski definition) is 1. The molecule has 33 heavy (non-hydrogen) atoms. The molecule has 0 amide bonds. The molecule has 0 aliphatic rings. The summed E-state index contributed by atoms with van der Waals surface area (Å²) in [4.78, 5) is 0.00260. The van der Waals surface area contributed by atoms with E-state index in [0.29, 0.717) is 11.2 Å². The van der Waals surface area contributed by atoms with E-state index < -0.39 is 20.0 Å². The Morgan fingerprint density at radius 2 is 1.58 bits per heavy atom. The summed E-state index contributed by atoms with van der Waals surface area (Å²) in [5.74, 6) is 0. The molecule has 1 N–H and O–H groups in total. The van der Waals surface area contributed by atoms with Crippen LogP contribution in [0.2, 0.25) is 0 Å². The molecule has 0 radical (unpaired) electrons. The molecule has 8 nitrogen and oxygen atoms in total. The van der Waals surface area contributed by atoms with Gasteiger partial charge in [0, 0.05) is 31.7 Å². The second-order valence-corrected chi connectivity index (χ2v) is 11.2. The lowest BCUT2D eigenvalue weighted by atomic mass is 10.2. The number of hydrogen-bond acceptors (Lipinski definition) is 5. The minimum Gasteiger partial charge on any atom is -0.280 e. The van der Waals surface area contributed by atoms with Gasteiger partial charge in [-0.15, -0.1) is 0 Å². The summed E-state index contributed by atoms with van der Waals surface area (Å²) in [6.45, 7) is 2.29. The van der Waals surface area contributed by atoms with Gasteiger partial charge in [-0.1, -0.05) is 37.3 Å². The Morgan fingerprint density at radius 1 is 0.909 bits per heavy atom. The van der Waals surface area contributed by atoms with Crippen LogP contribution in [0.25, 0.3) is 10.9 Å². The molecule has 4 rings (SSSR count). The molecule has 0 atom stereocenters. The van der Waals surface area contributed by atoms with E-state index in [4.69, 9.17) is 0 Å². The van der Waals surface area contributed by atoms with Crippen LogP contribution in [-0.2, 0) is 33.6 Å². The highest BCUT2D eigenvalue weighted by Gasteiger charge is 2.24. The van der Waals surface area contributed by atoms with Gasteiger partial charge >= 0.3 is 0 Å². The number of sulfonamides is 2. The number of aryl methyl sites for hydroxylation is 1. The maximum atomic E-state index is 13.1. The van der Waals surface area contributed by atoms with Crippen molar-refractivity contribution in [3.8, 4) is 0 Å². The average Bonchev–Trinajstić information content (AvgIpc) is 3.17. The molecule has 0 unspecified atom stereocenters. The van der Waals surface area contributed by atoms with Crippen LogP contribution in [0.4, 0.5) is 5.69 Å². The van der Waals surface area contributed by atoms with E-state index in [2.05, 4.69) is 9.82 Å². The first-order valence-electron chi connectivity index (χ1n) is 10.3. The fourth-order valence-corrected chi connectivity index (χ4v) is 6.00. The molecule has 0 aliphatic carbocycles. The smallest absolute Gasteiger partial charge is 0.261 e. The molecular weight excluding hydrogens is 460 g/mol. The summed E-state index contributed by atoms with van der Waals surface area (Å²) >= 11 is 0. The highest BCUT2D eigenvalue weighted by Crippen LogP contribution is 2.23. The molecule has 4 aromatic rings. The normalized spacial score (nSPS) is 12.3. The molecule has 0 fully saturated rings. The third-order valence-electron chi connectivity index (χ3n) is 5.20. The van der Waals surface area contributed by atoms with Crippen LogP contribution < -0.4 is 4.72 Å². The summed E-state index contributed by atoms with van der Waals surface area (Å²) in [5.41, 5.74) is 1.91. The lowest BCUT2D eigenvalue weighted by Crippen LogP contribution is -2.30. The van der Waals surface area contributed by atoms with Gasteiger partial charge < -0.3 is 0 Å². The Hall–Kier alpha value is -3.21. The monoisotopic (exact) mass is 484 g/mol. The first-order valence-corrected chi connectivity index (χ1v) is 13.2. The average molecular weight is 485 g/mol. The van der Waals surface area contributed by atoms with Crippen molar-refractivity contribution < 1.29 is 16.8 Å². The fraction of sp³-hybridized carbons (Fsp3) is 0.174. The molecule has 10 heteroatoms. The van der Waals surface area contributed by atoms with Crippen molar-refractivity contribution in [1.82, 2.24) is 14.1 Å². The van der Waals surface area contributed by atoms with Crippen molar-refractivity contribution >= 4 is 36.6 Å². The lowest BCUT2D eigenvalue weighted by Gasteiger charge is -2.21. The number of nitrogens with one attached hydrogen (secondary N) is 1. The van der Waals surface area contributed by atoms with Crippen LogP contribution in [0.3, 0.4) is 0 Å². The van der Waals surface area contributed by atoms with Crippen molar-refractivity contribution in [2.24, 2.45) is 7.05 Å². The molecule has 1 heterocycles. The van der Waals surface area contributed by atoms with Gasteiger partial charge in [-0.25, -0.2) is 16.8 Å². The summed E-state index contributed by atoms with van der Waals surface area (Å²) in [6.07, 6.45) is 1.84. The fourth-order valence-electron chi connectivity index (χ4n) is 3.51. The minimum absolute atomic E-state index is 0.0336. The predicted octanol–water partition coefficient (Wildman–Crippen LogP) is 3.58. The molecule has 0 aliphatic heterocycles. The second kappa shape index (κ2) is 8.97. The van der Waals surface area contributed by atoms with Crippen LogP contribution in [0.15, 0.2) is 88.8 Å². The molecular formula is C23H24N4O4S2. The van der Waals surface area contributed by atoms with Gasteiger partial charge in [0.1, 0.15) is 0 Å². The number of fused-ring (bicyclic) bond motifs is 1. The van der Waals surface area contributed by atoms with E-state index in [1.807, 2.05) is 36.5 Å². The van der Waals surface area contributed by atoms with Crippen molar-refractivity contribution in [1.29, 1.82) is 0 Å². The van der Waals surface area contributed by atoms with E-state index in [0.717, 1.165) is 10.9 Å². The topological polar surface area (TPSA) is 101 Å². The van der Waals surface area contributed by atoms with Crippen LogP contribution >= 0.6 is 0 Å². The summed E-state index contributed by atoms with van der Waals surface area (Å²) in [5, 5.41) is 5.17. The number of anilines is 1.